The van der Waals surface area contributed by atoms with E-state index in [4.69, 9.17) is 4.74 Å². The predicted octanol–water partition coefficient (Wildman–Crippen LogP) is 2.52. The third-order valence-electron chi connectivity index (χ3n) is 4.79. The van der Waals surface area contributed by atoms with E-state index < -0.39 is 27.9 Å². The summed E-state index contributed by atoms with van der Waals surface area (Å²) in [5, 5.41) is 0. The Morgan fingerprint density at radius 3 is 2.34 bits per heavy atom. The molecule has 0 spiro atoms. The molecule has 9 nitrogen and oxygen atoms in total. The molecule has 1 heterocycles. The zero-order valence-corrected chi connectivity index (χ0v) is 18.9. The molecule has 0 aliphatic rings. The Hall–Kier alpha value is -3.53. The predicted molar refractivity (Wildman–Crippen MR) is 121 cm³/mol. The zero-order valence-electron chi connectivity index (χ0n) is 18.1. The number of aryl methyl sites for hydroxylation is 2. The van der Waals surface area contributed by atoms with Gasteiger partial charge in [0.05, 0.1) is 22.9 Å². The van der Waals surface area contributed by atoms with E-state index in [0.717, 1.165) is 6.26 Å². The first-order chi connectivity index (χ1) is 15.0. The van der Waals surface area contributed by atoms with Crippen LogP contribution in [0.25, 0.3) is 11.0 Å². The monoisotopic (exact) mass is 457 g/mol. The number of hydrogen-bond donors (Lipinski definition) is 1. The Morgan fingerprint density at radius 1 is 1.12 bits per heavy atom. The number of nitrogens with one attached hydrogen (secondary N) is 1. The number of anilines is 1. The standard InChI is InChI=1S/C22H23N3O6S/c1-5-25-19-11-8-16(12-18(19)23-13(2)21(25)27)22(28)31-14(3)20(26)15-6-9-17(10-7-15)24-32(4,29)30/h6-12,14,24H,5H2,1-4H3. The van der Waals surface area contributed by atoms with E-state index in [1.54, 1.807) is 17.6 Å². The molecule has 1 aromatic heterocycles. The molecule has 168 valence electrons. The normalized spacial score (nSPS) is 12.4. The number of esters is 1. The van der Waals surface area contributed by atoms with Crippen LogP contribution in [0.1, 0.15) is 40.3 Å². The fourth-order valence-electron chi connectivity index (χ4n) is 3.25. The SMILES string of the molecule is CCn1c(=O)c(C)nc2cc(C(=O)OC(C)C(=O)c3ccc(NS(C)(=O)=O)cc3)ccc21. The zero-order chi connectivity index (χ0) is 23.6. The smallest absolute Gasteiger partial charge is 0.338 e. The molecule has 3 aromatic rings. The van der Waals surface area contributed by atoms with Crippen LogP contribution in [0.3, 0.4) is 0 Å². The summed E-state index contributed by atoms with van der Waals surface area (Å²) in [5.74, 6) is -1.13. The molecule has 0 aliphatic heterocycles. The van der Waals surface area contributed by atoms with E-state index in [1.165, 1.54) is 43.3 Å². The molecule has 1 atom stereocenters. The summed E-state index contributed by atoms with van der Waals surface area (Å²) >= 11 is 0. The van der Waals surface area contributed by atoms with E-state index >= 15 is 0 Å². The summed E-state index contributed by atoms with van der Waals surface area (Å²) < 4.78 is 31.8. The molecule has 0 amide bonds. The van der Waals surface area contributed by atoms with E-state index in [0.29, 0.717) is 29.0 Å². The van der Waals surface area contributed by atoms with Crippen molar-refractivity contribution in [3.63, 3.8) is 0 Å². The number of carbonyl (C=O) groups excluding carboxylic acids is 2. The fraction of sp³-hybridized carbons (Fsp3) is 0.273. The van der Waals surface area contributed by atoms with Crippen LogP contribution in [0.15, 0.2) is 47.3 Å². The lowest BCUT2D eigenvalue weighted by Crippen LogP contribution is -2.25. The summed E-state index contributed by atoms with van der Waals surface area (Å²) in [6.45, 7) is 5.38. The number of aromatic nitrogens is 2. The average Bonchev–Trinajstić information content (AvgIpc) is 2.73. The van der Waals surface area contributed by atoms with Crippen molar-refractivity contribution < 1.29 is 22.7 Å². The second-order valence-corrected chi connectivity index (χ2v) is 9.06. The highest BCUT2D eigenvalue weighted by atomic mass is 32.2. The van der Waals surface area contributed by atoms with Gasteiger partial charge in [0.1, 0.15) is 5.69 Å². The second-order valence-electron chi connectivity index (χ2n) is 7.31. The molecular weight excluding hydrogens is 434 g/mol. The third kappa shape index (κ3) is 5.02. The van der Waals surface area contributed by atoms with Gasteiger partial charge in [-0.1, -0.05) is 0 Å². The third-order valence-corrected chi connectivity index (χ3v) is 5.39. The highest BCUT2D eigenvalue weighted by molar-refractivity contribution is 7.92. The number of ether oxygens (including phenoxy) is 1. The minimum absolute atomic E-state index is 0.188. The number of carbonyl (C=O) groups is 2. The van der Waals surface area contributed by atoms with Crippen LogP contribution in [-0.4, -0.2) is 42.1 Å². The molecule has 3 rings (SSSR count). The van der Waals surface area contributed by atoms with Gasteiger partial charge in [0.25, 0.3) is 5.56 Å². The molecule has 2 aromatic carbocycles. The Kier molecular flexibility index (Phi) is 6.45. The lowest BCUT2D eigenvalue weighted by Gasteiger charge is -2.14. The summed E-state index contributed by atoms with van der Waals surface area (Å²) in [6, 6.07) is 10.5. The quantitative estimate of drug-likeness (QED) is 0.427. The molecular formula is C22H23N3O6S. The number of fused-ring (bicyclic) bond motifs is 1. The van der Waals surface area contributed by atoms with Gasteiger partial charge in [0.2, 0.25) is 15.8 Å². The van der Waals surface area contributed by atoms with Crippen LogP contribution in [0.2, 0.25) is 0 Å². The number of rotatable bonds is 7. The number of nitrogens with zero attached hydrogens (tertiary/aromatic N) is 2. The van der Waals surface area contributed by atoms with E-state index in [2.05, 4.69) is 9.71 Å². The number of hydrogen-bond acceptors (Lipinski definition) is 7. The number of sulfonamides is 1. The summed E-state index contributed by atoms with van der Waals surface area (Å²) in [7, 11) is -3.43. The van der Waals surface area contributed by atoms with Crippen LogP contribution in [0.4, 0.5) is 5.69 Å². The molecule has 32 heavy (non-hydrogen) atoms. The summed E-state index contributed by atoms with van der Waals surface area (Å²) in [4.78, 5) is 41.7. The van der Waals surface area contributed by atoms with Crippen molar-refractivity contribution in [3.05, 3.63) is 69.6 Å². The molecule has 0 aliphatic carbocycles. The minimum atomic E-state index is -3.43. The maximum absolute atomic E-state index is 12.6. The lowest BCUT2D eigenvalue weighted by atomic mass is 10.1. The molecule has 0 saturated carbocycles. The minimum Gasteiger partial charge on any atom is -0.451 e. The van der Waals surface area contributed by atoms with Crippen molar-refractivity contribution in [2.75, 3.05) is 11.0 Å². The van der Waals surface area contributed by atoms with E-state index in [-0.39, 0.29) is 16.7 Å². The van der Waals surface area contributed by atoms with Crippen LogP contribution in [0, 0.1) is 6.92 Å². The topological polar surface area (TPSA) is 124 Å². The summed E-state index contributed by atoms with van der Waals surface area (Å²) in [6.07, 6.45) is -0.0373. The van der Waals surface area contributed by atoms with Gasteiger partial charge in [-0.15, -0.1) is 0 Å². The van der Waals surface area contributed by atoms with Gasteiger partial charge < -0.3 is 9.30 Å². The van der Waals surface area contributed by atoms with Crippen molar-refractivity contribution in [3.8, 4) is 0 Å². The molecule has 0 radical (unpaired) electrons. The van der Waals surface area contributed by atoms with Gasteiger partial charge in [-0.25, -0.2) is 18.2 Å². The molecule has 1 N–H and O–H groups in total. The van der Waals surface area contributed by atoms with Crippen molar-refractivity contribution >= 4 is 38.5 Å². The Morgan fingerprint density at radius 2 is 1.75 bits per heavy atom. The highest BCUT2D eigenvalue weighted by Gasteiger charge is 2.21. The molecule has 0 bridgehead atoms. The van der Waals surface area contributed by atoms with Gasteiger partial charge in [0.15, 0.2) is 6.10 Å². The first kappa shape index (κ1) is 23.1. The molecule has 1 unspecified atom stereocenters. The van der Waals surface area contributed by atoms with Crippen molar-refractivity contribution in [1.82, 2.24) is 9.55 Å². The highest BCUT2D eigenvalue weighted by Crippen LogP contribution is 2.17. The fourth-order valence-corrected chi connectivity index (χ4v) is 3.81. The lowest BCUT2D eigenvalue weighted by molar-refractivity contribution is 0.0319. The van der Waals surface area contributed by atoms with Crippen LogP contribution in [-0.2, 0) is 21.3 Å². The van der Waals surface area contributed by atoms with Crippen molar-refractivity contribution in [2.45, 2.75) is 33.4 Å². The Balaban J connectivity index is 1.77. The average molecular weight is 458 g/mol. The van der Waals surface area contributed by atoms with Crippen molar-refractivity contribution in [2.24, 2.45) is 0 Å². The first-order valence-corrected chi connectivity index (χ1v) is 11.7. The van der Waals surface area contributed by atoms with Crippen LogP contribution in [0.5, 0.6) is 0 Å². The van der Waals surface area contributed by atoms with E-state index in [9.17, 15) is 22.8 Å². The van der Waals surface area contributed by atoms with Crippen LogP contribution >= 0.6 is 0 Å². The van der Waals surface area contributed by atoms with E-state index in [1.807, 2.05) is 6.92 Å². The molecule has 0 fully saturated rings. The molecule has 0 saturated heterocycles. The van der Waals surface area contributed by atoms with Gasteiger partial charge in [-0.05, 0) is 63.2 Å². The number of ketones is 1. The van der Waals surface area contributed by atoms with Gasteiger partial charge in [-0.3, -0.25) is 14.3 Å². The Bertz CT molecular complexity index is 1360. The maximum Gasteiger partial charge on any atom is 0.338 e. The van der Waals surface area contributed by atoms with Crippen molar-refractivity contribution in [1.29, 1.82) is 0 Å². The second kappa shape index (κ2) is 8.91. The van der Waals surface area contributed by atoms with Gasteiger partial charge in [0, 0.05) is 17.8 Å². The first-order valence-electron chi connectivity index (χ1n) is 9.84. The number of Topliss-reactive ketones (excluding diaryl/α,β-unsaturated/α-hetero) is 1. The largest absolute Gasteiger partial charge is 0.451 e. The number of benzene rings is 2. The van der Waals surface area contributed by atoms with Gasteiger partial charge in [-0.2, -0.15) is 0 Å². The molecule has 10 heteroatoms. The Labute approximate surface area is 185 Å². The summed E-state index contributed by atoms with van der Waals surface area (Å²) in [5.41, 5.74) is 2.01. The van der Waals surface area contributed by atoms with Gasteiger partial charge >= 0.3 is 5.97 Å². The maximum atomic E-state index is 12.6. The van der Waals surface area contributed by atoms with Crippen LogP contribution < -0.4 is 10.3 Å².